The molecular formula is C29H31N3O2. The normalized spacial score (nSPS) is 11.8. The summed E-state index contributed by atoms with van der Waals surface area (Å²) in [6.07, 6.45) is 0. The van der Waals surface area contributed by atoms with E-state index in [1.807, 2.05) is 79.1 Å². The number of nitrogens with one attached hydrogen (secondary N) is 1. The highest BCUT2D eigenvalue weighted by atomic mass is 16.5. The van der Waals surface area contributed by atoms with Crippen molar-refractivity contribution in [2.75, 3.05) is 7.11 Å². The summed E-state index contributed by atoms with van der Waals surface area (Å²) in [6.45, 7) is 8.81. The van der Waals surface area contributed by atoms with Crippen molar-refractivity contribution in [2.45, 2.75) is 40.3 Å². The van der Waals surface area contributed by atoms with Crippen LogP contribution in [0, 0.1) is 13.8 Å². The van der Waals surface area contributed by atoms with E-state index in [0.29, 0.717) is 17.9 Å². The van der Waals surface area contributed by atoms with E-state index in [0.717, 1.165) is 28.3 Å². The average Bonchev–Trinajstić information content (AvgIpc) is 3.26. The second kappa shape index (κ2) is 9.96. The zero-order valence-corrected chi connectivity index (χ0v) is 20.4. The van der Waals surface area contributed by atoms with E-state index in [9.17, 15) is 4.79 Å². The van der Waals surface area contributed by atoms with Crippen LogP contribution in [0.3, 0.4) is 0 Å². The summed E-state index contributed by atoms with van der Waals surface area (Å²) in [7, 11) is 1.64. The molecule has 0 saturated heterocycles. The minimum Gasteiger partial charge on any atom is -0.497 e. The molecule has 3 aromatic carbocycles. The molecule has 0 saturated carbocycles. The molecule has 5 nitrogen and oxygen atoms in total. The van der Waals surface area contributed by atoms with Crippen molar-refractivity contribution in [1.82, 2.24) is 14.9 Å². The number of hydrogen-bond acceptors (Lipinski definition) is 3. The van der Waals surface area contributed by atoms with Gasteiger partial charge in [0, 0.05) is 17.7 Å². The van der Waals surface area contributed by atoms with Crippen molar-refractivity contribution < 1.29 is 9.53 Å². The van der Waals surface area contributed by atoms with Crippen LogP contribution in [-0.2, 0) is 6.54 Å². The Morgan fingerprint density at radius 3 is 2.41 bits per heavy atom. The summed E-state index contributed by atoms with van der Waals surface area (Å²) in [5, 5.41) is 3.18. The topological polar surface area (TPSA) is 56.2 Å². The fraction of sp³-hybridized carbons (Fsp3) is 0.241. The Morgan fingerprint density at radius 2 is 1.74 bits per heavy atom. The fourth-order valence-corrected chi connectivity index (χ4v) is 4.15. The third-order valence-corrected chi connectivity index (χ3v) is 6.25. The fourth-order valence-electron chi connectivity index (χ4n) is 4.15. The number of ether oxygens (including phenoxy) is 1. The predicted molar refractivity (Wildman–Crippen MR) is 137 cm³/mol. The van der Waals surface area contributed by atoms with Crippen LogP contribution in [-0.4, -0.2) is 22.6 Å². The molecule has 1 aromatic heterocycles. The molecule has 0 bridgehead atoms. The molecule has 4 rings (SSSR count). The zero-order chi connectivity index (χ0) is 24.2. The third kappa shape index (κ3) is 4.60. The number of methoxy groups -OCH3 is 1. The van der Waals surface area contributed by atoms with E-state index in [2.05, 4.69) is 31.3 Å². The van der Waals surface area contributed by atoms with Crippen LogP contribution < -0.4 is 10.1 Å². The van der Waals surface area contributed by atoms with Gasteiger partial charge in [-0.25, -0.2) is 4.98 Å². The van der Waals surface area contributed by atoms with Crippen molar-refractivity contribution in [3.63, 3.8) is 0 Å². The average molecular weight is 454 g/mol. The molecule has 174 valence electrons. The molecule has 1 atom stereocenters. The maximum atomic E-state index is 13.8. The Labute approximate surface area is 201 Å². The van der Waals surface area contributed by atoms with Crippen LogP contribution in [0.1, 0.15) is 47.1 Å². The number of nitrogens with zero attached hydrogens (tertiary/aromatic N) is 2. The summed E-state index contributed by atoms with van der Waals surface area (Å²) in [5.41, 5.74) is 6.53. The summed E-state index contributed by atoms with van der Waals surface area (Å²) >= 11 is 0. The van der Waals surface area contributed by atoms with Crippen LogP contribution in [0.4, 0.5) is 0 Å². The first-order chi connectivity index (χ1) is 16.4. The van der Waals surface area contributed by atoms with Gasteiger partial charge in [0.1, 0.15) is 23.0 Å². The quantitative estimate of drug-likeness (QED) is 0.355. The zero-order valence-electron chi connectivity index (χ0n) is 20.4. The van der Waals surface area contributed by atoms with E-state index < -0.39 is 0 Å². The summed E-state index contributed by atoms with van der Waals surface area (Å²) < 4.78 is 7.36. The predicted octanol–water partition coefficient (Wildman–Crippen LogP) is 6.35. The minimum absolute atomic E-state index is 0.153. The first-order valence-corrected chi connectivity index (χ1v) is 11.6. The highest BCUT2D eigenvalue weighted by Gasteiger charge is 2.25. The molecule has 34 heavy (non-hydrogen) atoms. The summed E-state index contributed by atoms with van der Waals surface area (Å²) in [4.78, 5) is 18.8. The molecule has 1 amide bonds. The van der Waals surface area contributed by atoms with Gasteiger partial charge in [-0.2, -0.15) is 0 Å². The Kier molecular flexibility index (Phi) is 6.82. The summed E-state index contributed by atoms with van der Waals surface area (Å²) in [5.74, 6) is 1.40. The van der Waals surface area contributed by atoms with Crippen LogP contribution in [0.25, 0.3) is 22.6 Å². The lowest BCUT2D eigenvalue weighted by atomic mass is 10.0. The standard InChI is InChI=1S/C29H31N3O2/c1-6-32-27(29(33)30-21(4)23-13-10-14-25(18-23)34-5)26(24-16-15-19(2)20(3)17-24)31-28(32)22-11-8-7-9-12-22/h7-18,21H,6H2,1-5H3,(H,30,33)/t21-/m1/s1. The molecule has 0 unspecified atom stereocenters. The van der Waals surface area contributed by atoms with Crippen molar-refractivity contribution in [3.8, 4) is 28.4 Å². The number of carbonyl (C=O) groups is 1. The highest BCUT2D eigenvalue weighted by Crippen LogP contribution is 2.31. The largest absolute Gasteiger partial charge is 0.497 e. The molecule has 1 heterocycles. The number of benzene rings is 3. The van der Waals surface area contributed by atoms with Crippen LogP contribution in [0.5, 0.6) is 5.75 Å². The van der Waals surface area contributed by atoms with E-state index >= 15 is 0 Å². The first kappa shape index (κ1) is 23.3. The molecule has 0 spiro atoms. The second-order valence-electron chi connectivity index (χ2n) is 8.51. The molecule has 0 radical (unpaired) electrons. The van der Waals surface area contributed by atoms with Gasteiger partial charge in [0.25, 0.3) is 5.91 Å². The minimum atomic E-state index is -0.199. The van der Waals surface area contributed by atoms with Gasteiger partial charge < -0.3 is 14.6 Å². The van der Waals surface area contributed by atoms with Gasteiger partial charge in [0.05, 0.1) is 13.2 Å². The van der Waals surface area contributed by atoms with Gasteiger partial charge in [-0.15, -0.1) is 0 Å². The van der Waals surface area contributed by atoms with Crippen LogP contribution >= 0.6 is 0 Å². The lowest BCUT2D eigenvalue weighted by Gasteiger charge is -2.17. The van der Waals surface area contributed by atoms with Crippen molar-refractivity contribution in [2.24, 2.45) is 0 Å². The second-order valence-corrected chi connectivity index (χ2v) is 8.51. The molecule has 4 aromatic rings. The lowest BCUT2D eigenvalue weighted by molar-refractivity contribution is 0.0931. The maximum absolute atomic E-state index is 13.8. The molecule has 0 aliphatic carbocycles. The Bertz CT molecular complexity index is 1310. The van der Waals surface area contributed by atoms with Gasteiger partial charge in [-0.3, -0.25) is 4.79 Å². The number of carbonyl (C=O) groups excluding carboxylic acids is 1. The summed E-state index contributed by atoms with van der Waals surface area (Å²) in [6, 6.07) is 23.8. The van der Waals surface area contributed by atoms with Gasteiger partial charge in [0.2, 0.25) is 0 Å². The molecule has 0 fully saturated rings. The highest BCUT2D eigenvalue weighted by molar-refractivity contribution is 6.00. The molecule has 0 aliphatic rings. The molecule has 0 aliphatic heterocycles. The van der Waals surface area contributed by atoms with Gasteiger partial charge >= 0.3 is 0 Å². The number of aromatic nitrogens is 2. The smallest absolute Gasteiger partial charge is 0.270 e. The Morgan fingerprint density at radius 1 is 0.971 bits per heavy atom. The van der Waals surface area contributed by atoms with Crippen molar-refractivity contribution in [3.05, 3.63) is 95.2 Å². The van der Waals surface area contributed by atoms with Gasteiger partial charge in [-0.05, 0) is 62.6 Å². The van der Waals surface area contributed by atoms with E-state index in [1.54, 1.807) is 7.11 Å². The maximum Gasteiger partial charge on any atom is 0.270 e. The number of amides is 1. The van der Waals surface area contributed by atoms with Crippen LogP contribution in [0.2, 0.25) is 0 Å². The number of hydrogen-bond donors (Lipinski definition) is 1. The Hall–Kier alpha value is -3.86. The third-order valence-electron chi connectivity index (χ3n) is 6.25. The van der Waals surface area contributed by atoms with E-state index in [4.69, 9.17) is 9.72 Å². The number of rotatable bonds is 7. The van der Waals surface area contributed by atoms with E-state index in [-0.39, 0.29) is 11.9 Å². The van der Waals surface area contributed by atoms with Crippen LogP contribution in [0.15, 0.2) is 72.8 Å². The first-order valence-electron chi connectivity index (χ1n) is 11.6. The Balaban J connectivity index is 1.81. The monoisotopic (exact) mass is 453 g/mol. The molecule has 5 heteroatoms. The van der Waals surface area contributed by atoms with Gasteiger partial charge in [0.15, 0.2) is 0 Å². The van der Waals surface area contributed by atoms with E-state index in [1.165, 1.54) is 11.1 Å². The van der Waals surface area contributed by atoms with Crippen molar-refractivity contribution >= 4 is 5.91 Å². The molecular weight excluding hydrogens is 422 g/mol. The SMILES string of the molecule is CCn1c(-c2ccccc2)nc(-c2ccc(C)c(C)c2)c1C(=O)N[C@H](C)c1cccc(OC)c1. The van der Waals surface area contributed by atoms with Crippen molar-refractivity contribution in [1.29, 1.82) is 0 Å². The number of aryl methyl sites for hydroxylation is 2. The van der Waals surface area contributed by atoms with Gasteiger partial charge in [-0.1, -0.05) is 54.6 Å². The molecule has 1 N–H and O–H groups in total. The lowest BCUT2D eigenvalue weighted by Crippen LogP contribution is -2.29. The number of imidazole rings is 1.